The Morgan fingerprint density at radius 2 is 0.470 bits per heavy atom. The number of esters is 3. The lowest BCUT2D eigenvalue weighted by atomic mass is 10.0. The molecule has 0 rings (SSSR count). The van der Waals surface area contributed by atoms with E-state index in [2.05, 4.69) is 69.4 Å². The Balaban J connectivity index is 4.27. The zero-order valence-electron chi connectivity index (χ0n) is 56.0. The number of hydrogen-bond donors (Lipinski definition) is 0. The summed E-state index contributed by atoms with van der Waals surface area (Å²) in [6.45, 7) is 6.59. The lowest BCUT2D eigenvalue weighted by molar-refractivity contribution is -0.167. The highest BCUT2D eigenvalue weighted by atomic mass is 16.6. The number of carbonyl (C=O) groups excluding carboxylic acids is 3. The number of ether oxygens (including phenoxy) is 3. The molecule has 0 saturated heterocycles. The van der Waals surface area contributed by atoms with Gasteiger partial charge in [-0.2, -0.15) is 0 Å². The molecule has 486 valence electrons. The molecule has 0 spiro atoms. The van der Waals surface area contributed by atoms with Crippen molar-refractivity contribution in [3.63, 3.8) is 0 Å². The first-order valence-corrected chi connectivity index (χ1v) is 37.1. The van der Waals surface area contributed by atoms with Gasteiger partial charge in [-0.3, -0.25) is 14.4 Å². The normalized spacial score (nSPS) is 12.3. The average molecular weight is 1160 g/mol. The van der Waals surface area contributed by atoms with Gasteiger partial charge < -0.3 is 14.2 Å². The van der Waals surface area contributed by atoms with Gasteiger partial charge in [0.25, 0.3) is 0 Å². The van der Waals surface area contributed by atoms with E-state index < -0.39 is 6.10 Å². The predicted molar refractivity (Wildman–Crippen MR) is 362 cm³/mol. The Labute approximate surface area is 518 Å². The first kappa shape index (κ1) is 80.4. The van der Waals surface area contributed by atoms with Crippen molar-refractivity contribution >= 4 is 17.9 Å². The Hall–Kier alpha value is -2.63. The van der Waals surface area contributed by atoms with Crippen molar-refractivity contribution in [1.29, 1.82) is 0 Å². The number of hydrogen-bond acceptors (Lipinski definition) is 6. The Bertz CT molecular complexity index is 1430. The van der Waals surface area contributed by atoms with E-state index in [1.54, 1.807) is 0 Å². The minimum Gasteiger partial charge on any atom is -0.462 e. The van der Waals surface area contributed by atoms with Crippen LogP contribution in [0.5, 0.6) is 0 Å². The summed E-state index contributed by atoms with van der Waals surface area (Å²) in [6, 6.07) is 0. The van der Waals surface area contributed by atoms with Gasteiger partial charge in [0, 0.05) is 19.3 Å². The van der Waals surface area contributed by atoms with Crippen LogP contribution in [0.1, 0.15) is 406 Å². The van der Waals surface area contributed by atoms with E-state index in [0.717, 1.165) is 96.3 Å². The highest BCUT2D eigenvalue weighted by Gasteiger charge is 2.19. The van der Waals surface area contributed by atoms with Crippen LogP contribution in [-0.4, -0.2) is 37.2 Å². The van der Waals surface area contributed by atoms with Crippen LogP contribution in [-0.2, 0) is 28.6 Å². The van der Waals surface area contributed by atoms with Crippen LogP contribution in [0.2, 0.25) is 0 Å². The first-order chi connectivity index (χ1) is 41.0. The summed E-state index contributed by atoms with van der Waals surface area (Å²) in [5.74, 6) is -0.869. The SMILES string of the molecule is CC/C=C\C/C=C\C/C=C\C/C=C\CCCCCCC(=O)OCC(COC(=O)CCCCCCCCCCCCCCCCCCCCCCCCCCCCC)OC(=O)CCCCCCCCCCCCCCCCCCCCCCC. The van der Waals surface area contributed by atoms with Crippen molar-refractivity contribution in [2.24, 2.45) is 0 Å². The Kier molecular flexibility index (Phi) is 69.6. The molecule has 0 heterocycles. The quantitative estimate of drug-likeness (QED) is 0.0261. The molecule has 0 amide bonds. The molecule has 0 aromatic heterocycles. The zero-order chi connectivity index (χ0) is 59.9. The number of rotatable bonds is 69. The molecule has 0 radical (unpaired) electrons. The smallest absolute Gasteiger partial charge is 0.306 e. The molecule has 0 fully saturated rings. The van der Waals surface area contributed by atoms with E-state index in [1.807, 2.05) is 0 Å². The van der Waals surface area contributed by atoms with Crippen LogP contribution < -0.4 is 0 Å². The van der Waals surface area contributed by atoms with Gasteiger partial charge in [-0.1, -0.05) is 378 Å². The van der Waals surface area contributed by atoms with Crippen molar-refractivity contribution in [2.75, 3.05) is 13.2 Å². The fraction of sp³-hybridized carbons (Fsp3) is 0.857. The minimum atomic E-state index is -0.782. The summed E-state index contributed by atoms with van der Waals surface area (Å²) in [7, 11) is 0. The molecule has 6 nitrogen and oxygen atoms in total. The molecule has 0 saturated carbocycles. The molecule has 0 aliphatic heterocycles. The van der Waals surface area contributed by atoms with Gasteiger partial charge in [0.2, 0.25) is 0 Å². The van der Waals surface area contributed by atoms with E-state index in [1.165, 1.54) is 270 Å². The van der Waals surface area contributed by atoms with Gasteiger partial charge >= 0.3 is 17.9 Å². The summed E-state index contributed by atoms with van der Waals surface area (Å²) in [6.07, 6.45) is 91.6. The van der Waals surface area contributed by atoms with E-state index in [9.17, 15) is 14.4 Å². The molecular weight excluding hydrogens is 1020 g/mol. The minimum absolute atomic E-state index is 0.0754. The van der Waals surface area contributed by atoms with Gasteiger partial charge in [-0.05, 0) is 57.8 Å². The van der Waals surface area contributed by atoms with Crippen molar-refractivity contribution < 1.29 is 28.6 Å². The second kappa shape index (κ2) is 71.8. The van der Waals surface area contributed by atoms with Crippen LogP contribution in [0.3, 0.4) is 0 Å². The molecule has 0 bridgehead atoms. The second-order valence-electron chi connectivity index (χ2n) is 25.2. The van der Waals surface area contributed by atoms with E-state index in [4.69, 9.17) is 14.2 Å². The molecule has 1 unspecified atom stereocenters. The number of carbonyl (C=O) groups is 3. The van der Waals surface area contributed by atoms with E-state index in [-0.39, 0.29) is 31.1 Å². The summed E-state index contributed by atoms with van der Waals surface area (Å²) in [5, 5.41) is 0. The number of allylic oxidation sites excluding steroid dienone is 8. The summed E-state index contributed by atoms with van der Waals surface area (Å²) in [5.41, 5.74) is 0. The lowest BCUT2D eigenvalue weighted by Crippen LogP contribution is -2.30. The molecule has 0 N–H and O–H groups in total. The summed E-state index contributed by atoms with van der Waals surface area (Å²) >= 11 is 0. The van der Waals surface area contributed by atoms with Crippen LogP contribution in [0.4, 0.5) is 0 Å². The molecule has 0 aliphatic rings. The maximum Gasteiger partial charge on any atom is 0.306 e. The molecule has 6 heteroatoms. The highest BCUT2D eigenvalue weighted by molar-refractivity contribution is 5.71. The zero-order valence-corrected chi connectivity index (χ0v) is 56.0. The third-order valence-electron chi connectivity index (χ3n) is 16.8. The molecular formula is C77H142O6. The van der Waals surface area contributed by atoms with Gasteiger partial charge in [-0.15, -0.1) is 0 Å². The van der Waals surface area contributed by atoms with Crippen molar-refractivity contribution in [3.05, 3.63) is 48.6 Å². The maximum atomic E-state index is 13.0. The highest BCUT2D eigenvalue weighted by Crippen LogP contribution is 2.19. The average Bonchev–Trinajstić information content (AvgIpc) is 3.50. The molecule has 0 aromatic rings. The third-order valence-corrected chi connectivity index (χ3v) is 16.8. The largest absolute Gasteiger partial charge is 0.462 e. The monoisotopic (exact) mass is 1160 g/mol. The van der Waals surface area contributed by atoms with Crippen LogP contribution >= 0.6 is 0 Å². The Morgan fingerprint density at radius 3 is 0.735 bits per heavy atom. The van der Waals surface area contributed by atoms with Gasteiger partial charge in [0.15, 0.2) is 6.10 Å². The summed E-state index contributed by atoms with van der Waals surface area (Å²) in [4.78, 5) is 38.5. The molecule has 1 atom stereocenters. The van der Waals surface area contributed by atoms with E-state index >= 15 is 0 Å². The van der Waals surface area contributed by atoms with Gasteiger partial charge in [-0.25, -0.2) is 0 Å². The molecule has 83 heavy (non-hydrogen) atoms. The topological polar surface area (TPSA) is 78.9 Å². The standard InChI is InChI=1S/C77H142O6/c1-4-7-10-13-16-19-22-25-28-31-33-35-36-37-38-39-40-42-43-46-49-52-55-58-61-64-67-70-76(79)82-73-74(72-81-75(78)69-66-63-60-57-54-51-48-45-30-27-24-21-18-15-12-9-6-3)83-77(80)71-68-65-62-59-56-53-50-47-44-41-34-32-29-26-23-20-17-14-11-8-5-2/h9,12,18,21,27,30,48,51,74H,4-8,10-11,13-17,19-20,22-26,28-29,31-47,49-50,52-73H2,1-3H3/b12-9-,21-18-,30-27-,51-48-. The fourth-order valence-corrected chi connectivity index (χ4v) is 11.3. The van der Waals surface area contributed by atoms with E-state index in [0.29, 0.717) is 19.3 Å². The van der Waals surface area contributed by atoms with Crippen molar-refractivity contribution in [3.8, 4) is 0 Å². The van der Waals surface area contributed by atoms with Crippen molar-refractivity contribution in [2.45, 2.75) is 412 Å². The first-order valence-electron chi connectivity index (χ1n) is 37.1. The molecule has 0 aliphatic carbocycles. The van der Waals surface area contributed by atoms with Crippen LogP contribution in [0.15, 0.2) is 48.6 Å². The molecule has 0 aromatic carbocycles. The van der Waals surface area contributed by atoms with Crippen LogP contribution in [0, 0.1) is 0 Å². The fourth-order valence-electron chi connectivity index (χ4n) is 11.3. The second-order valence-corrected chi connectivity index (χ2v) is 25.2. The van der Waals surface area contributed by atoms with Crippen LogP contribution in [0.25, 0.3) is 0 Å². The lowest BCUT2D eigenvalue weighted by Gasteiger charge is -2.18. The Morgan fingerprint density at radius 1 is 0.253 bits per heavy atom. The predicted octanol–water partition coefficient (Wildman–Crippen LogP) is 25.7. The van der Waals surface area contributed by atoms with Crippen molar-refractivity contribution in [1.82, 2.24) is 0 Å². The van der Waals surface area contributed by atoms with Gasteiger partial charge in [0.1, 0.15) is 13.2 Å². The third kappa shape index (κ3) is 70.0. The summed E-state index contributed by atoms with van der Waals surface area (Å²) < 4.78 is 17.0. The van der Waals surface area contributed by atoms with Gasteiger partial charge in [0.05, 0.1) is 0 Å². The maximum absolute atomic E-state index is 13.0. The number of unbranched alkanes of at least 4 members (excludes halogenated alkanes) is 50.